The number of carbonyl (C=O) groups excluding carboxylic acids is 2. The number of ether oxygens (including phenoxy) is 5. The second-order valence-corrected chi connectivity index (χ2v) is 4.95. The fourth-order valence-electron chi connectivity index (χ4n) is 2.38. The first kappa shape index (κ1) is 12.8. The summed E-state index contributed by atoms with van der Waals surface area (Å²) in [6.07, 6.45) is -2.56. The third-order valence-electron chi connectivity index (χ3n) is 3.74. The molecule has 3 saturated heterocycles. The zero-order valence-corrected chi connectivity index (χ0v) is 10.7. The van der Waals surface area contributed by atoms with Crippen molar-refractivity contribution in [3.8, 4) is 0 Å². The van der Waals surface area contributed by atoms with Crippen LogP contribution in [-0.2, 0) is 33.3 Å². The smallest absolute Gasteiger partial charge is 0.350 e. The predicted molar refractivity (Wildman–Crippen MR) is 58.7 cm³/mol. The van der Waals surface area contributed by atoms with Crippen LogP contribution < -0.4 is 0 Å². The molecule has 2 unspecified atom stereocenters. The summed E-state index contributed by atoms with van der Waals surface area (Å²) < 4.78 is 26.4. The van der Waals surface area contributed by atoms with Crippen LogP contribution >= 0.6 is 0 Å². The van der Waals surface area contributed by atoms with E-state index in [1.165, 1.54) is 0 Å². The van der Waals surface area contributed by atoms with Gasteiger partial charge in [0.05, 0.1) is 5.92 Å². The molecule has 7 heteroatoms. The maximum atomic E-state index is 11.8. The van der Waals surface area contributed by atoms with Crippen molar-refractivity contribution in [3.05, 3.63) is 0 Å². The van der Waals surface area contributed by atoms with Gasteiger partial charge in [-0.05, 0) is 6.42 Å². The lowest BCUT2D eigenvalue weighted by Gasteiger charge is -2.17. The number of hydrogen-bond donors (Lipinski definition) is 0. The minimum absolute atomic E-state index is 0.118. The lowest BCUT2D eigenvalue weighted by atomic mass is 10.1. The lowest BCUT2D eigenvalue weighted by Crippen LogP contribution is -2.37. The molecule has 3 heterocycles. The van der Waals surface area contributed by atoms with Gasteiger partial charge in [-0.1, -0.05) is 13.8 Å². The topological polar surface area (TPSA) is 80.3 Å². The minimum Gasteiger partial charge on any atom is -0.454 e. The summed E-state index contributed by atoms with van der Waals surface area (Å²) in [5.41, 5.74) is 0. The Labute approximate surface area is 110 Å². The molecule has 3 fully saturated rings. The number of hydrogen-bond acceptors (Lipinski definition) is 7. The summed E-state index contributed by atoms with van der Waals surface area (Å²) in [6.45, 7) is 3.74. The number of rotatable bonds is 3. The van der Waals surface area contributed by atoms with E-state index in [0.29, 0.717) is 6.42 Å². The van der Waals surface area contributed by atoms with Crippen LogP contribution in [0.5, 0.6) is 0 Å². The molecule has 0 spiro atoms. The second kappa shape index (κ2) is 4.73. The van der Waals surface area contributed by atoms with Gasteiger partial charge in [0.15, 0.2) is 25.3 Å². The normalized spacial score (nSPS) is 41.6. The van der Waals surface area contributed by atoms with Crippen LogP contribution in [0.4, 0.5) is 0 Å². The summed E-state index contributed by atoms with van der Waals surface area (Å²) in [7, 11) is 0. The molecule has 0 N–H and O–H groups in total. The molecule has 0 radical (unpaired) electrons. The van der Waals surface area contributed by atoms with Crippen molar-refractivity contribution in [3.63, 3.8) is 0 Å². The summed E-state index contributed by atoms with van der Waals surface area (Å²) in [4.78, 5) is 23.5. The first-order chi connectivity index (χ1) is 9.11. The average molecular weight is 272 g/mol. The average Bonchev–Trinajstić information content (AvgIpc) is 3.03. The molecular formula is C12H16O7. The molecule has 0 aliphatic carbocycles. The Morgan fingerprint density at radius 3 is 2.89 bits per heavy atom. The first-order valence-electron chi connectivity index (χ1n) is 6.41. The second-order valence-electron chi connectivity index (χ2n) is 4.95. The van der Waals surface area contributed by atoms with Gasteiger partial charge < -0.3 is 23.7 Å². The third kappa shape index (κ3) is 2.01. The van der Waals surface area contributed by atoms with Gasteiger partial charge in [0, 0.05) is 0 Å². The van der Waals surface area contributed by atoms with Crippen LogP contribution in [0.2, 0.25) is 0 Å². The van der Waals surface area contributed by atoms with E-state index in [4.69, 9.17) is 23.7 Å². The van der Waals surface area contributed by atoms with Crippen LogP contribution in [0.1, 0.15) is 20.3 Å². The molecule has 6 atom stereocenters. The lowest BCUT2D eigenvalue weighted by molar-refractivity contribution is -0.176. The van der Waals surface area contributed by atoms with Crippen LogP contribution in [0, 0.1) is 5.92 Å². The van der Waals surface area contributed by atoms with Crippen LogP contribution in [0.15, 0.2) is 0 Å². The minimum atomic E-state index is -1.02. The van der Waals surface area contributed by atoms with Gasteiger partial charge in [-0.15, -0.1) is 0 Å². The van der Waals surface area contributed by atoms with E-state index >= 15 is 0 Å². The Morgan fingerprint density at radius 1 is 1.37 bits per heavy atom. The van der Waals surface area contributed by atoms with E-state index in [2.05, 4.69) is 0 Å². The maximum Gasteiger partial charge on any atom is 0.350 e. The molecule has 0 aromatic carbocycles. The van der Waals surface area contributed by atoms with Crippen molar-refractivity contribution in [2.75, 3.05) is 6.79 Å². The van der Waals surface area contributed by atoms with E-state index in [-0.39, 0.29) is 12.7 Å². The third-order valence-corrected chi connectivity index (χ3v) is 3.74. The van der Waals surface area contributed by atoms with Gasteiger partial charge in [0.2, 0.25) is 6.10 Å². The number of fused-ring (bicyclic) bond motifs is 3. The Balaban J connectivity index is 1.69. The molecule has 0 amide bonds. The summed E-state index contributed by atoms with van der Waals surface area (Å²) in [5.74, 6) is -1.27. The summed E-state index contributed by atoms with van der Waals surface area (Å²) in [6, 6.07) is 0. The van der Waals surface area contributed by atoms with Crippen molar-refractivity contribution in [1.29, 1.82) is 0 Å². The molecule has 0 aromatic heterocycles. The van der Waals surface area contributed by atoms with Crippen LogP contribution in [-0.4, -0.2) is 49.4 Å². The SMILES string of the molecule is CCC(C)C(=O)OC1C(=O)O[C@@H]2[C@H]3OCO[C@H]3O[C@H]12. The van der Waals surface area contributed by atoms with Crippen molar-refractivity contribution < 1.29 is 33.3 Å². The Hall–Kier alpha value is -1.18. The predicted octanol–water partition coefficient (Wildman–Crippen LogP) is -0.0325. The Kier molecular flexibility index (Phi) is 3.20. The van der Waals surface area contributed by atoms with Gasteiger partial charge in [-0.3, -0.25) is 4.79 Å². The highest BCUT2D eigenvalue weighted by atomic mass is 16.8. The van der Waals surface area contributed by atoms with E-state index in [1.54, 1.807) is 6.92 Å². The molecule has 106 valence electrons. The summed E-state index contributed by atoms with van der Waals surface area (Å²) in [5, 5.41) is 0. The molecule has 3 rings (SSSR count). The monoisotopic (exact) mass is 272 g/mol. The molecular weight excluding hydrogens is 256 g/mol. The standard InChI is InChI=1S/C12H16O7/c1-3-5(2)10(13)18-8-6-7(17-11(8)14)9-12(19-6)16-4-15-9/h5-9,12H,3-4H2,1-2H3/t5?,6-,7-,8?,9+,12-/m0/s1. The van der Waals surface area contributed by atoms with Gasteiger partial charge >= 0.3 is 11.9 Å². The van der Waals surface area contributed by atoms with E-state index < -0.39 is 42.6 Å². The highest BCUT2D eigenvalue weighted by Crippen LogP contribution is 2.38. The summed E-state index contributed by atoms with van der Waals surface area (Å²) >= 11 is 0. The molecule has 7 nitrogen and oxygen atoms in total. The first-order valence-corrected chi connectivity index (χ1v) is 6.41. The molecule has 0 bridgehead atoms. The van der Waals surface area contributed by atoms with Crippen molar-refractivity contribution in [2.45, 2.75) is 51.0 Å². The van der Waals surface area contributed by atoms with Gasteiger partial charge in [0.25, 0.3) is 0 Å². The zero-order valence-electron chi connectivity index (χ0n) is 10.7. The van der Waals surface area contributed by atoms with Crippen LogP contribution in [0.3, 0.4) is 0 Å². The number of carbonyl (C=O) groups is 2. The number of esters is 2. The molecule has 3 aliphatic heterocycles. The molecule has 0 saturated carbocycles. The maximum absolute atomic E-state index is 11.8. The largest absolute Gasteiger partial charge is 0.454 e. The zero-order chi connectivity index (χ0) is 13.6. The van der Waals surface area contributed by atoms with E-state index in [1.807, 2.05) is 6.92 Å². The van der Waals surface area contributed by atoms with Gasteiger partial charge in [-0.2, -0.15) is 0 Å². The highest BCUT2D eigenvalue weighted by Gasteiger charge is 2.61. The highest BCUT2D eigenvalue weighted by molar-refractivity contribution is 5.82. The molecule has 19 heavy (non-hydrogen) atoms. The Morgan fingerprint density at radius 2 is 2.16 bits per heavy atom. The van der Waals surface area contributed by atoms with E-state index in [0.717, 1.165) is 0 Å². The molecule has 0 aromatic rings. The van der Waals surface area contributed by atoms with Crippen molar-refractivity contribution >= 4 is 11.9 Å². The fourth-order valence-corrected chi connectivity index (χ4v) is 2.38. The molecule has 3 aliphatic rings. The van der Waals surface area contributed by atoms with E-state index in [9.17, 15) is 9.59 Å². The van der Waals surface area contributed by atoms with Crippen LogP contribution in [0.25, 0.3) is 0 Å². The van der Waals surface area contributed by atoms with Crippen molar-refractivity contribution in [1.82, 2.24) is 0 Å². The quantitative estimate of drug-likeness (QED) is 0.667. The van der Waals surface area contributed by atoms with Gasteiger partial charge in [0.1, 0.15) is 6.10 Å². The van der Waals surface area contributed by atoms with Crippen molar-refractivity contribution in [2.24, 2.45) is 5.92 Å². The van der Waals surface area contributed by atoms with Gasteiger partial charge in [-0.25, -0.2) is 4.79 Å². The fraction of sp³-hybridized carbons (Fsp3) is 0.833. The Bertz CT molecular complexity index is 396.